The summed E-state index contributed by atoms with van der Waals surface area (Å²) in [6.07, 6.45) is 13.8. The summed E-state index contributed by atoms with van der Waals surface area (Å²) in [6, 6.07) is 11.7. The van der Waals surface area contributed by atoms with Gasteiger partial charge in [0, 0.05) is 44.6 Å². The Labute approximate surface area is 286 Å². The molecule has 4 rings (SSSR count). The van der Waals surface area contributed by atoms with Gasteiger partial charge < -0.3 is 14.4 Å². The van der Waals surface area contributed by atoms with Crippen LogP contribution in [0.1, 0.15) is 96.5 Å². The summed E-state index contributed by atoms with van der Waals surface area (Å²) in [5.41, 5.74) is 2.87. The molecule has 0 spiro atoms. The summed E-state index contributed by atoms with van der Waals surface area (Å²) >= 11 is 12.6. The normalized spacial score (nSPS) is 16.9. The maximum atomic E-state index is 13.1. The van der Waals surface area contributed by atoms with Crippen LogP contribution in [0.4, 0.5) is 11.4 Å². The molecule has 7 nitrogen and oxygen atoms in total. The van der Waals surface area contributed by atoms with Crippen molar-refractivity contribution >= 4 is 46.5 Å². The predicted octanol–water partition coefficient (Wildman–Crippen LogP) is 8.92. The zero-order valence-corrected chi connectivity index (χ0v) is 29.4. The van der Waals surface area contributed by atoms with Crippen LogP contribution in [-0.4, -0.2) is 62.8 Å². The van der Waals surface area contributed by atoms with Crippen molar-refractivity contribution in [2.75, 3.05) is 55.9 Å². The fraction of sp³-hybridized carbons (Fsp3) is 0.622. The van der Waals surface area contributed by atoms with E-state index in [1.165, 1.54) is 38.5 Å². The molecule has 2 aliphatic heterocycles. The number of unbranched alkanes of at least 4 members (excludes halogenated alkanes) is 9. The Morgan fingerprint density at radius 1 is 0.870 bits per heavy atom. The first-order valence-corrected chi connectivity index (χ1v) is 18.3. The van der Waals surface area contributed by atoms with E-state index in [1.54, 1.807) is 4.90 Å². The standard InChI is InChI=1S/C37H53Cl2N3O4/c1-3-4-5-6-7-8-9-10-11-17-35(43)46-28-42-34-27-31(19-18-30(34)26-29(2)37(42)44)45-25-13-12-20-40-21-23-41(24-22-40)33-16-14-15-32(38)36(33)39/h14-16,18-19,27,29H,3-13,17,20-26,28H2,1-2H3. The smallest absolute Gasteiger partial charge is 0.307 e. The molecule has 1 saturated heterocycles. The van der Waals surface area contributed by atoms with Gasteiger partial charge in [0.2, 0.25) is 5.91 Å². The molecule has 2 aromatic carbocycles. The zero-order valence-electron chi connectivity index (χ0n) is 27.9. The number of nitrogens with zero attached hydrogens (tertiary/aromatic N) is 3. The fourth-order valence-electron chi connectivity index (χ4n) is 6.36. The van der Waals surface area contributed by atoms with Crippen molar-refractivity contribution in [2.24, 2.45) is 5.92 Å². The molecule has 9 heteroatoms. The Balaban J connectivity index is 1.15. The number of piperazine rings is 1. The largest absolute Gasteiger partial charge is 0.494 e. The topological polar surface area (TPSA) is 62.3 Å². The highest BCUT2D eigenvalue weighted by molar-refractivity contribution is 6.43. The molecule has 2 heterocycles. The zero-order chi connectivity index (χ0) is 32.7. The SMILES string of the molecule is CCCCCCCCCCCC(=O)OCN1C(=O)C(C)Cc2ccc(OCCCCN3CCN(c4cccc(Cl)c4Cl)CC3)cc21. The van der Waals surface area contributed by atoms with E-state index >= 15 is 0 Å². The molecule has 0 aromatic heterocycles. The Hall–Kier alpha value is -2.48. The first-order valence-electron chi connectivity index (χ1n) is 17.5. The van der Waals surface area contributed by atoms with Gasteiger partial charge in [-0.15, -0.1) is 0 Å². The van der Waals surface area contributed by atoms with E-state index in [0.29, 0.717) is 29.5 Å². The third-order valence-corrected chi connectivity index (χ3v) is 9.99. The van der Waals surface area contributed by atoms with Crippen molar-refractivity contribution < 1.29 is 19.1 Å². The summed E-state index contributed by atoms with van der Waals surface area (Å²) in [5, 5.41) is 1.22. The maximum Gasteiger partial charge on any atom is 0.307 e. The molecule has 0 N–H and O–H groups in total. The lowest BCUT2D eigenvalue weighted by molar-refractivity contribution is -0.144. The molecule has 0 aliphatic carbocycles. The number of halogens is 2. The highest BCUT2D eigenvalue weighted by atomic mass is 35.5. The van der Waals surface area contributed by atoms with Crippen molar-refractivity contribution in [3.63, 3.8) is 0 Å². The second kappa shape index (κ2) is 19.4. The van der Waals surface area contributed by atoms with Gasteiger partial charge in [0.1, 0.15) is 5.75 Å². The number of carbonyl (C=O) groups excluding carboxylic acids is 2. The van der Waals surface area contributed by atoms with Crippen molar-refractivity contribution in [1.82, 2.24) is 4.90 Å². The summed E-state index contributed by atoms with van der Waals surface area (Å²) in [4.78, 5) is 32.0. The Morgan fingerprint density at radius 2 is 1.59 bits per heavy atom. The van der Waals surface area contributed by atoms with Gasteiger partial charge in [-0.2, -0.15) is 0 Å². The van der Waals surface area contributed by atoms with Crippen LogP contribution in [0.25, 0.3) is 0 Å². The third kappa shape index (κ3) is 11.1. The molecule has 2 aromatic rings. The minimum absolute atomic E-state index is 0.0155. The van der Waals surface area contributed by atoms with Crippen LogP contribution in [0.5, 0.6) is 5.75 Å². The number of ether oxygens (including phenoxy) is 2. The van der Waals surface area contributed by atoms with Crippen LogP contribution in [0.3, 0.4) is 0 Å². The number of esters is 1. The van der Waals surface area contributed by atoms with Gasteiger partial charge in [-0.25, -0.2) is 0 Å². The molecule has 0 radical (unpaired) electrons. The van der Waals surface area contributed by atoms with Gasteiger partial charge >= 0.3 is 5.97 Å². The Bertz CT molecular complexity index is 1250. The highest BCUT2D eigenvalue weighted by Gasteiger charge is 2.31. The molecule has 46 heavy (non-hydrogen) atoms. The lowest BCUT2D eigenvalue weighted by atomic mass is 9.93. The lowest BCUT2D eigenvalue weighted by Gasteiger charge is -2.36. The number of hydrogen-bond acceptors (Lipinski definition) is 6. The average Bonchev–Trinajstić information content (AvgIpc) is 3.06. The number of carbonyl (C=O) groups is 2. The van der Waals surface area contributed by atoms with Gasteiger partial charge in [0.05, 0.1) is 28.0 Å². The van der Waals surface area contributed by atoms with Crippen molar-refractivity contribution in [3.05, 3.63) is 52.0 Å². The molecular formula is C37H53Cl2N3O4. The second-order valence-corrected chi connectivity index (χ2v) is 13.6. The molecule has 0 bridgehead atoms. The number of amides is 1. The fourth-order valence-corrected chi connectivity index (χ4v) is 6.77. The molecule has 1 amide bonds. The Kier molecular flexibility index (Phi) is 15.3. The lowest BCUT2D eigenvalue weighted by Crippen LogP contribution is -2.46. The van der Waals surface area contributed by atoms with Crippen LogP contribution < -0.4 is 14.5 Å². The summed E-state index contributed by atoms with van der Waals surface area (Å²) < 4.78 is 11.7. The summed E-state index contributed by atoms with van der Waals surface area (Å²) in [5.74, 6) is 0.328. The molecule has 254 valence electrons. The van der Waals surface area contributed by atoms with Crippen molar-refractivity contribution in [2.45, 2.75) is 97.3 Å². The van der Waals surface area contributed by atoms with E-state index in [1.807, 2.05) is 43.3 Å². The van der Waals surface area contributed by atoms with Crippen LogP contribution in [0.15, 0.2) is 36.4 Å². The summed E-state index contributed by atoms with van der Waals surface area (Å²) in [6.45, 7) is 9.57. The van der Waals surface area contributed by atoms with Gasteiger partial charge in [-0.1, -0.05) is 101 Å². The molecular weight excluding hydrogens is 621 g/mol. The van der Waals surface area contributed by atoms with Crippen LogP contribution in [-0.2, 0) is 20.7 Å². The Morgan fingerprint density at radius 3 is 2.33 bits per heavy atom. The third-order valence-electron chi connectivity index (χ3n) is 9.18. The quantitative estimate of drug-likeness (QED) is 0.110. The van der Waals surface area contributed by atoms with E-state index in [2.05, 4.69) is 16.7 Å². The van der Waals surface area contributed by atoms with Crippen LogP contribution in [0, 0.1) is 5.92 Å². The van der Waals surface area contributed by atoms with Gasteiger partial charge in [-0.05, 0) is 56.0 Å². The van der Waals surface area contributed by atoms with E-state index in [9.17, 15) is 9.59 Å². The number of hydrogen-bond donors (Lipinski definition) is 0. The van der Waals surface area contributed by atoms with E-state index in [0.717, 1.165) is 87.5 Å². The number of rotatable bonds is 19. The maximum absolute atomic E-state index is 13.1. The minimum Gasteiger partial charge on any atom is -0.494 e. The van der Waals surface area contributed by atoms with Crippen molar-refractivity contribution in [3.8, 4) is 5.75 Å². The van der Waals surface area contributed by atoms with Gasteiger partial charge in [-0.3, -0.25) is 19.4 Å². The van der Waals surface area contributed by atoms with E-state index in [4.69, 9.17) is 32.7 Å². The first kappa shape index (κ1) is 36.4. The predicted molar refractivity (Wildman–Crippen MR) is 189 cm³/mol. The molecule has 1 fully saturated rings. The number of anilines is 2. The first-order chi connectivity index (χ1) is 22.4. The van der Waals surface area contributed by atoms with E-state index < -0.39 is 0 Å². The second-order valence-electron chi connectivity index (χ2n) is 12.8. The average molecular weight is 675 g/mol. The summed E-state index contributed by atoms with van der Waals surface area (Å²) in [7, 11) is 0. The minimum atomic E-state index is -0.238. The molecule has 2 aliphatic rings. The highest BCUT2D eigenvalue weighted by Crippen LogP contribution is 2.34. The van der Waals surface area contributed by atoms with Gasteiger partial charge in [0.25, 0.3) is 0 Å². The van der Waals surface area contributed by atoms with Crippen LogP contribution >= 0.6 is 23.2 Å². The molecule has 1 unspecified atom stereocenters. The van der Waals surface area contributed by atoms with Crippen molar-refractivity contribution in [1.29, 1.82) is 0 Å². The monoisotopic (exact) mass is 673 g/mol. The van der Waals surface area contributed by atoms with E-state index in [-0.39, 0.29) is 24.5 Å². The van der Waals surface area contributed by atoms with Gasteiger partial charge in [0.15, 0.2) is 6.73 Å². The number of benzene rings is 2. The van der Waals surface area contributed by atoms with Crippen LogP contribution in [0.2, 0.25) is 10.0 Å². The molecule has 1 atom stereocenters. The molecule has 0 saturated carbocycles. The number of fused-ring (bicyclic) bond motifs is 1.